The van der Waals surface area contributed by atoms with Gasteiger partial charge in [-0.05, 0) is 30.3 Å². The molecule has 92 valence electrons. The fraction of sp³-hybridized carbons (Fsp3) is 0. The van der Waals surface area contributed by atoms with Crippen molar-refractivity contribution in [1.29, 1.82) is 0 Å². The van der Waals surface area contributed by atoms with E-state index in [2.05, 4.69) is 21.2 Å². The minimum absolute atomic E-state index is 0.274. The smallest absolute Gasteiger partial charge is 0.147 e. The molecule has 0 aliphatic carbocycles. The molecule has 5 heteroatoms. The molecule has 2 aromatic carbocycles. The lowest BCUT2D eigenvalue weighted by molar-refractivity contribution is 0.631. The highest BCUT2D eigenvalue weighted by molar-refractivity contribution is 9.10. The van der Waals surface area contributed by atoms with Gasteiger partial charge in [0.15, 0.2) is 0 Å². The van der Waals surface area contributed by atoms with Crippen LogP contribution in [0.1, 0.15) is 5.56 Å². The maximum atomic E-state index is 13.7. The number of nitrogens with one attached hydrogen (secondary N) is 1. The monoisotopic (exact) mass is 324 g/mol. The fourth-order valence-electron chi connectivity index (χ4n) is 1.54. The molecule has 2 rings (SSSR count). The highest BCUT2D eigenvalue weighted by atomic mass is 79.9. The number of benzene rings is 2. The van der Waals surface area contributed by atoms with Gasteiger partial charge in [-0.25, -0.2) is 4.39 Å². The molecular weight excluding hydrogens is 315 g/mol. The van der Waals surface area contributed by atoms with Crippen LogP contribution in [0.4, 0.5) is 15.8 Å². The van der Waals surface area contributed by atoms with E-state index in [1.54, 1.807) is 24.3 Å². The summed E-state index contributed by atoms with van der Waals surface area (Å²) in [7, 11) is 0. The first kappa shape index (κ1) is 13.0. The molecule has 18 heavy (non-hydrogen) atoms. The zero-order valence-electron chi connectivity index (χ0n) is 9.28. The van der Waals surface area contributed by atoms with Crippen molar-refractivity contribution in [3.63, 3.8) is 0 Å². The number of hydrogen-bond acceptors (Lipinski definition) is 2. The largest absolute Gasteiger partial charge is 0.389 e. The van der Waals surface area contributed by atoms with Crippen LogP contribution in [-0.4, -0.2) is 4.99 Å². The van der Waals surface area contributed by atoms with Crippen LogP contribution in [0.3, 0.4) is 0 Å². The third-order valence-corrected chi connectivity index (χ3v) is 3.11. The zero-order valence-corrected chi connectivity index (χ0v) is 11.7. The molecule has 0 atom stereocenters. The summed E-state index contributed by atoms with van der Waals surface area (Å²) in [5, 5.41) is 2.99. The van der Waals surface area contributed by atoms with E-state index in [4.69, 9.17) is 18.0 Å². The average molecular weight is 325 g/mol. The highest BCUT2D eigenvalue weighted by Crippen LogP contribution is 2.25. The summed E-state index contributed by atoms with van der Waals surface area (Å²) in [6.07, 6.45) is 0. The molecule has 0 unspecified atom stereocenters. The van der Waals surface area contributed by atoms with Gasteiger partial charge in [-0.2, -0.15) is 0 Å². The van der Waals surface area contributed by atoms with E-state index in [-0.39, 0.29) is 10.8 Å². The normalized spacial score (nSPS) is 10.1. The number of nitrogens with two attached hydrogens (primary N) is 1. The van der Waals surface area contributed by atoms with Crippen molar-refractivity contribution in [2.45, 2.75) is 0 Å². The van der Waals surface area contributed by atoms with Gasteiger partial charge in [0.2, 0.25) is 0 Å². The third-order valence-electron chi connectivity index (χ3n) is 2.39. The first-order valence-electron chi connectivity index (χ1n) is 5.19. The van der Waals surface area contributed by atoms with Crippen LogP contribution in [0.15, 0.2) is 46.9 Å². The Labute approximate surface area is 118 Å². The average Bonchev–Trinajstić information content (AvgIpc) is 2.33. The maximum absolute atomic E-state index is 13.7. The number of anilines is 2. The van der Waals surface area contributed by atoms with Crippen LogP contribution in [0.2, 0.25) is 0 Å². The van der Waals surface area contributed by atoms with Gasteiger partial charge < -0.3 is 11.1 Å². The summed E-state index contributed by atoms with van der Waals surface area (Å²) >= 11 is 8.17. The van der Waals surface area contributed by atoms with Crippen molar-refractivity contribution in [3.05, 3.63) is 58.3 Å². The van der Waals surface area contributed by atoms with Gasteiger partial charge in [-0.1, -0.05) is 40.3 Å². The molecule has 0 spiro atoms. The number of halogens is 2. The van der Waals surface area contributed by atoms with E-state index in [0.29, 0.717) is 21.4 Å². The van der Waals surface area contributed by atoms with Crippen molar-refractivity contribution in [2.75, 3.05) is 5.32 Å². The summed E-state index contributed by atoms with van der Waals surface area (Å²) in [6.45, 7) is 0. The molecule has 0 aromatic heterocycles. The topological polar surface area (TPSA) is 38.0 Å². The van der Waals surface area contributed by atoms with Gasteiger partial charge in [0, 0.05) is 15.7 Å². The van der Waals surface area contributed by atoms with Gasteiger partial charge in [0.05, 0.1) is 5.69 Å². The van der Waals surface area contributed by atoms with Crippen LogP contribution < -0.4 is 11.1 Å². The molecule has 0 aliphatic rings. The van der Waals surface area contributed by atoms with Gasteiger partial charge in [-0.15, -0.1) is 0 Å². The first-order chi connectivity index (χ1) is 8.58. The van der Waals surface area contributed by atoms with Crippen molar-refractivity contribution in [1.82, 2.24) is 0 Å². The van der Waals surface area contributed by atoms with Crippen molar-refractivity contribution < 1.29 is 4.39 Å². The molecule has 0 fully saturated rings. The maximum Gasteiger partial charge on any atom is 0.147 e. The molecule has 0 saturated carbocycles. The van der Waals surface area contributed by atoms with Crippen LogP contribution in [0.5, 0.6) is 0 Å². The Morgan fingerprint density at radius 1 is 1.17 bits per heavy atom. The predicted octanol–water partition coefficient (Wildman–Crippen LogP) is 3.97. The zero-order chi connectivity index (χ0) is 13.1. The van der Waals surface area contributed by atoms with Gasteiger partial charge in [-0.3, -0.25) is 0 Å². The fourth-order valence-corrected chi connectivity index (χ4v) is 2.05. The van der Waals surface area contributed by atoms with E-state index in [0.717, 1.165) is 0 Å². The highest BCUT2D eigenvalue weighted by Gasteiger charge is 2.07. The van der Waals surface area contributed by atoms with Crippen molar-refractivity contribution in [3.8, 4) is 0 Å². The number of thiocarbonyl (C=S) groups is 1. The van der Waals surface area contributed by atoms with Crippen LogP contribution in [0, 0.1) is 5.82 Å². The molecule has 0 radical (unpaired) electrons. The summed E-state index contributed by atoms with van der Waals surface area (Å²) in [6, 6.07) is 12.1. The van der Waals surface area contributed by atoms with Gasteiger partial charge in [0.1, 0.15) is 10.8 Å². The molecule has 2 nitrogen and oxygen atoms in total. The molecular formula is C13H10BrFN2S. The lowest BCUT2D eigenvalue weighted by atomic mass is 10.1. The SMILES string of the molecule is NC(=S)c1ccccc1Nc1ccc(Br)cc1F. The van der Waals surface area contributed by atoms with E-state index in [9.17, 15) is 4.39 Å². The van der Waals surface area contributed by atoms with Crippen molar-refractivity contribution in [2.24, 2.45) is 5.73 Å². The molecule has 3 N–H and O–H groups in total. The second kappa shape index (κ2) is 5.46. The Balaban J connectivity index is 2.37. The van der Waals surface area contributed by atoms with Gasteiger partial charge in [0.25, 0.3) is 0 Å². The molecule has 0 saturated heterocycles. The second-order valence-electron chi connectivity index (χ2n) is 3.66. The molecule has 0 amide bonds. The number of para-hydroxylation sites is 1. The Bertz CT molecular complexity index is 601. The van der Waals surface area contributed by atoms with Gasteiger partial charge >= 0.3 is 0 Å². The van der Waals surface area contributed by atoms with E-state index in [1.807, 2.05) is 12.1 Å². The Morgan fingerprint density at radius 2 is 1.89 bits per heavy atom. The minimum Gasteiger partial charge on any atom is -0.389 e. The van der Waals surface area contributed by atoms with E-state index < -0.39 is 0 Å². The molecule has 0 aliphatic heterocycles. The summed E-state index contributed by atoms with van der Waals surface area (Å²) in [4.78, 5) is 0.274. The number of rotatable bonds is 3. The quantitative estimate of drug-likeness (QED) is 0.839. The lowest BCUT2D eigenvalue weighted by Crippen LogP contribution is -2.11. The molecule has 0 bridgehead atoms. The molecule has 2 aromatic rings. The summed E-state index contributed by atoms with van der Waals surface area (Å²) in [5.74, 6) is -0.345. The van der Waals surface area contributed by atoms with E-state index in [1.165, 1.54) is 6.07 Å². The Hall–Kier alpha value is -1.46. The van der Waals surface area contributed by atoms with Crippen LogP contribution in [0.25, 0.3) is 0 Å². The standard InChI is InChI=1S/C13H10BrFN2S/c14-8-5-6-12(10(15)7-8)17-11-4-2-1-3-9(11)13(16)18/h1-7,17H,(H2,16,18). The second-order valence-corrected chi connectivity index (χ2v) is 5.01. The summed E-state index contributed by atoms with van der Waals surface area (Å²) < 4.78 is 14.4. The Kier molecular flexibility index (Phi) is 3.93. The third kappa shape index (κ3) is 2.86. The summed E-state index contributed by atoms with van der Waals surface area (Å²) in [5.41, 5.74) is 7.37. The Morgan fingerprint density at radius 3 is 2.56 bits per heavy atom. The van der Waals surface area contributed by atoms with Crippen LogP contribution in [-0.2, 0) is 0 Å². The van der Waals surface area contributed by atoms with Crippen LogP contribution >= 0.6 is 28.1 Å². The predicted molar refractivity (Wildman–Crippen MR) is 79.7 cm³/mol. The van der Waals surface area contributed by atoms with E-state index >= 15 is 0 Å². The lowest BCUT2D eigenvalue weighted by Gasteiger charge is -2.11. The first-order valence-corrected chi connectivity index (χ1v) is 6.39. The molecule has 0 heterocycles. The minimum atomic E-state index is -0.345. The van der Waals surface area contributed by atoms with Crippen molar-refractivity contribution >= 4 is 44.5 Å². The number of hydrogen-bond donors (Lipinski definition) is 2.